The lowest BCUT2D eigenvalue weighted by Gasteiger charge is -2.16. The summed E-state index contributed by atoms with van der Waals surface area (Å²) in [6.45, 7) is 3.35. The molecule has 3 rings (SSSR count). The van der Waals surface area contributed by atoms with Gasteiger partial charge in [-0.1, -0.05) is 19.1 Å². The number of amides is 2. The molecule has 25 heavy (non-hydrogen) atoms. The first-order chi connectivity index (χ1) is 12.1. The van der Waals surface area contributed by atoms with E-state index in [-0.39, 0.29) is 17.9 Å². The molecule has 0 spiro atoms. The minimum atomic E-state index is -0.175. The van der Waals surface area contributed by atoms with E-state index in [0.29, 0.717) is 24.2 Å². The summed E-state index contributed by atoms with van der Waals surface area (Å²) in [4.78, 5) is 30.3. The molecule has 1 aromatic carbocycles. The molecular formula is C19H22N4O2. The number of nitrogens with one attached hydrogen (secondary N) is 1. The Hall–Kier alpha value is -2.89. The monoisotopic (exact) mass is 338 g/mol. The van der Waals surface area contributed by atoms with Gasteiger partial charge in [-0.15, -0.1) is 0 Å². The van der Waals surface area contributed by atoms with Gasteiger partial charge in [-0.2, -0.15) is 0 Å². The van der Waals surface area contributed by atoms with E-state index in [2.05, 4.69) is 10.3 Å². The SMILES string of the molecule is CCCN1CC(NC(=O)c2cccc(-c3ccncc3N)c2)CC1=O. The molecule has 6 nitrogen and oxygen atoms in total. The van der Waals surface area contributed by atoms with Gasteiger partial charge in [0.15, 0.2) is 0 Å². The Labute approximate surface area is 147 Å². The van der Waals surface area contributed by atoms with Gasteiger partial charge in [-0.3, -0.25) is 14.6 Å². The van der Waals surface area contributed by atoms with Gasteiger partial charge in [-0.05, 0) is 30.2 Å². The summed E-state index contributed by atoms with van der Waals surface area (Å²) in [5.74, 6) is -0.0731. The molecule has 0 aliphatic carbocycles. The number of likely N-dealkylation sites (tertiary alicyclic amines) is 1. The Balaban J connectivity index is 1.72. The molecule has 1 fully saturated rings. The van der Waals surface area contributed by atoms with Gasteiger partial charge in [0.2, 0.25) is 5.91 Å². The quantitative estimate of drug-likeness (QED) is 0.873. The van der Waals surface area contributed by atoms with Gasteiger partial charge >= 0.3 is 0 Å². The highest BCUT2D eigenvalue weighted by molar-refractivity contribution is 5.96. The lowest BCUT2D eigenvalue weighted by molar-refractivity contribution is -0.127. The Morgan fingerprint density at radius 2 is 2.24 bits per heavy atom. The summed E-state index contributed by atoms with van der Waals surface area (Å²) in [6.07, 6.45) is 4.55. The number of carbonyl (C=O) groups is 2. The topological polar surface area (TPSA) is 88.3 Å². The minimum Gasteiger partial charge on any atom is -0.397 e. The maximum Gasteiger partial charge on any atom is 0.251 e. The summed E-state index contributed by atoms with van der Waals surface area (Å²) in [5, 5.41) is 2.96. The van der Waals surface area contributed by atoms with Crippen LogP contribution in [0.4, 0.5) is 5.69 Å². The van der Waals surface area contributed by atoms with Crippen LogP contribution in [0.2, 0.25) is 0 Å². The minimum absolute atomic E-state index is 0.102. The lowest BCUT2D eigenvalue weighted by Crippen LogP contribution is -2.37. The number of nitrogen functional groups attached to an aromatic ring is 1. The molecule has 0 radical (unpaired) electrons. The van der Waals surface area contributed by atoms with Crippen molar-refractivity contribution >= 4 is 17.5 Å². The zero-order valence-corrected chi connectivity index (χ0v) is 14.2. The van der Waals surface area contributed by atoms with E-state index < -0.39 is 0 Å². The number of carbonyl (C=O) groups excluding carboxylic acids is 2. The van der Waals surface area contributed by atoms with Crippen LogP contribution in [0.1, 0.15) is 30.1 Å². The third kappa shape index (κ3) is 3.79. The molecule has 6 heteroatoms. The van der Waals surface area contributed by atoms with E-state index in [1.165, 1.54) is 0 Å². The molecule has 2 amide bonds. The van der Waals surface area contributed by atoms with Crippen LogP contribution < -0.4 is 11.1 Å². The summed E-state index contributed by atoms with van der Waals surface area (Å²) in [5.41, 5.74) is 8.79. The second kappa shape index (κ2) is 7.34. The van der Waals surface area contributed by atoms with Crippen molar-refractivity contribution in [1.82, 2.24) is 15.2 Å². The number of hydrogen-bond acceptors (Lipinski definition) is 4. The molecular weight excluding hydrogens is 316 g/mol. The average molecular weight is 338 g/mol. The molecule has 2 aromatic rings. The molecule has 1 saturated heterocycles. The zero-order chi connectivity index (χ0) is 17.8. The fourth-order valence-electron chi connectivity index (χ4n) is 3.12. The van der Waals surface area contributed by atoms with Crippen LogP contribution in [-0.2, 0) is 4.79 Å². The normalized spacial score (nSPS) is 16.9. The summed E-state index contributed by atoms with van der Waals surface area (Å²) < 4.78 is 0. The van der Waals surface area contributed by atoms with Crippen molar-refractivity contribution in [3.05, 3.63) is 48.3 Å². The highest BCUT2D eigenvalue weighted by Crippen LogP contribution is 2.25. The Bertz CT molecular complexity index is 790. The molecule has 2 heterocycles. The smallest absolute Gasteiger partial charge is 0.251 e. The Morgan fingerprint density at radius 3 is 3.00 bits per heavy atom. The first-order valence-corrected chi connectivity index (χ1v) is 8.47. The fraction of sp³-hybridized carbons (Fsp3) is 0.316. The van der Waals surface area contributed by atoms with Crippen LogP contribution in [0.3, 0.4) is 0 Å². The van der Waals surface area contributed by atoms with Crippen molar-refractivity contribution in [2.75, 3.05) is 18.8 Å². The standard InChI is InChI=1S/C19H22N4O2/c1-2-8-23-12-15(10-18(23)24)22-19(25)14-5-3-4-13(9-14)16-6-7-21-11-17(16)20/h3-7,9,11,15H,2,8,10,12,20H2,1H3,(H,22,25). The van der Waals surface area contributed by atoms with E-state index in [0.717, 1.165) is 24.1 Å². The predicted octanol–water partition coefficient (Wildman–Crippen LogP) is 2.07. The average Bonchev–Trinajstić information content (AvgIpc) is 2.95. The van der Waals surface area contributed by atoms with Gasteiger partial charge in [0.25, 0.3) is 5.91 Å². The van der Waals surface area contributed by atoms with Gasteiger partial charge in [0.05, 0.1) is 17.9 Å². The van der Waals surface area contributed by atoms with Crippen molar-refractivity contribution in [3.63, 3.8) is 0 Å². The fourth-order valence-corrected chi connectivity index (χ4v) is 3.12. The van der Waals surface area contributed by atoms with Gasteiger partial charge in [-0.25, -0.2) is 0 Å². The molecule has 1 aliphatic heterocycles. The molecule has 3 N–H and O–H groups in total. The number of rotatable bonds is 5. The largest absolute Gasteiger partial charge is 0.397 e. The van der Waals surface area contributed by atoms with E-state index in [9.17, 15) is 9.59 Å². The molecule has 1 aromatic heterocycles. The van der Waals surface area contributed by atoms with Crippen molar-refractivity contribution in [3.8, 4) is 11.1 Å². The molecule has 0 saturated carbocycles. The highest BCUT2D eigenvalue weighted by atomic mass is 16.2. The first kappa shape index (κ1) is 17.0. The second-order valence-electron chi connectivity index (χ2n) is 6.26. The van der Waals surface area contributed by atoms with E-state index >= 15 is 0 Å². The van der Waals surface area contributed by atoms with Crippen LogP contribution in [0.25, 0.3) is 11.1 Å². The van der Waals surface area contributed by atoms with Gasteiger partial charge in [0, 0.05) is 36.8 Å². The van der Waals surface area contributed by atoms with Crippen LogP contribution in [0, 0.1) is 0 Å². The summed E-state index contributed by atoms with van der Waals surface area (Å²) in [7, 11) is 0. The van der Waals surface area contributed by atoms with Crippen molar-refractivity contribution in [1.29, 1.82) is 0 Å². The molecule has 130 valence electrons. The van der Waals surface area contributed by atoms with Crippen LogP contribution >= 0.6 is 0 Å². The Kier molecular flexibility index (Phi) is 4.97. The molecule has 1 unspecified atom stereocenters. The second-order valence-corrected chi connectivity index (χ2v) is 6.26. The van der Waals surface area contributed by atoms with Crippen molar-refractivity contribution in [2.24, 2.45) is 0 Å². The predicted molar refractivity (Wildman–Crippen MR) is 96.8 cm³/mol. The first-order valence-electron chi connectivity index (χ1n) is 8.47. The van der Waals surface area contributed by atoms with Crippen molar-refractivity contribution in [2.45, 2.75) is 25.8 Å². The van der Waals surface area contributed by atoms with E-state index in [4.69, 9.17) is 5.73 Å². The lowest BCUT2D eigenvalue weighted by atomic mass is 10.0. The number of nitrogens with two attached hydrogens (primary N) is 1. The zero-order valence-electron chi connectivity index (χ0n) is 14.2. The van der Waals surface area contributed by atoms with Crippen molar-refractivity contribution < 1.29 is 9.59 Å². The number of anilines is 1. The highest BCUT2D eigenvalue weighted by Gasteiger charge is 2.30. The van der Waals surface area contributed by atoms with E-state index in [1.807, 2.05) is 31.2 Å². The molecule has 1 atom stereocenters. The number of benzene rings is 1. The Morgan fingerprint density at radius 1 is 1.40 bits per heavy atom. The molecule has 1 aliphatic rings. The van der Waals surface area contributed by atoms with Crippen LogP contribution in [0.5, 0.6) is 0 Å². The number of pyridine rings is 1. The number of hydrogen-bond donors (Lipinski definition) is 2. The van der Waals surface area contributed by atoms with Crippen LogP contribution in [-0.4, -0.2) is 40.8 Å². The third-order valence-corrected chi connectivity index (χ3v) is 4.33. The van der Waals surface area contributed by atoms with E-state index in [1.54, 1.807) is 23.4 Å². The van der Waals surface area contributed by atoms with Gasteiger partial charge < -0.3 is 16.0 Å². The number of aromatic nitrogens is 1. The maximum absolute atomic E-state index is 12.6. The maximum atomic E-state index is 12.6. The van der Waals surface area contributed by atoms with Crippen LogP contribution in [0.15, 0.2) is 42.7 Å². The summed E-state index contributed by atoms with van der Waals surface area (Å²) in [6, 6.07) is 8.99. The third-order valence-electron chi connectivity index (χ3n) is 4.33. The summed E-state index contributed by atoms with van der Waals surface area (Å²) >= 11 is 0. The van der Waals surface area contributed by atoms with Gasteiger partial charge in [0.1, 0.15) is 0 Å². The molecule has 0 bridgehead atoms. The number of nitrogens with zero attached hydrogens (tertiary/aromatic N) is 2.